The molecule has 0 saturated carbocycles. The number of aromatic nitrogens is 1. The summed E-state index contributed by atoms with van der Waals surface area (Å²) in [5.41, 5.74) is 17.6. The lowest BCUT2D eigenvalue weighted by Crippen LogP contribution is -2.36. The summed E-state index contributed by atoms with van der Waals surface area (Å²) in [5.74, 6) is 1.60. The molecule has 1 unspecified atom stereocenters. The van der Waals surface area contributed by atoms with Crippen molar-refractivity contribution < 1.29 is 0 Å². The van der Waals surface area contributed by atoms with Gasteiger partial charge in [0.25, 0.3) is 0 Å². The zero-order valence-electron chi connectivity index (χ0n) is 33.7. The summed E-state index contributed by atoms with van der Waals surface area (Å²) in [7, 11) is 0. The molecule has 0 saturated heterocycles. The van der Waals surface area contributed by atoms with Gasteiger partial charge in [-0.15, -0.1) is 0 Å². The van der Waals surface area contributed by atoms with Crippen LogP contribution in [0.1, 0.15) is 45.2 Å². The Kier molecular flexibility index (Phi) is 8.39. The van der Waals surface area contributed by atoms with Gasteiger partial charge in [0.15, 0.2) is 6.17 Å². The van der Waals surface area contributed by atoms with Gasteiger partial charge in [-0.05, 0) is 98.6 Å². The van der Waals surface area contributed by atoms with Gasteiger partial charge in [0.2, 0.25) is 0 Å². The monoisotopic (exact) mass is 793 g/mol. The third-order valence-corrected chi connectivity index (χ3v) is 12.5. The van der Waals surface area contributed by atoms with Gasteiger partial charge in [-0.25, -0.2) is 9.98 Å². The lowest BCUT2D eigenvalue weighted by Gasteiger charge is -2.44. The van der Waals surface area contributed by atoms with Crippen molar-refractivity contribution in [2.75, 3.05) is 4.90 Å². The Labute approximate surface area is 361 Å². The fourth-order valence-corrected chi connectivity index (χ4v) is 9.80. The molecule has 3 aliphatic rings. The molecule has 1 aromatic heterocycles. The Morgan fingerprint density at radius 3 is 1.61 bits per heavy atom. The Bertz CT molecular complexity index is 3180. The zero-order chi connectivity index (χ0) is 41.0. The molecule has 8 aromatic carbocycles. The quantitative estimate of drug-likeness (QED) is 0.182. The van der Waals surface area contributed by atoms with Crippen molar-refractivity contribution in [3.8, 4) is 33.4 Å². The molecule has 5 heteroatoms. The highest BCUT2D eigenvalue weighted by molar-refractivity contribution is 6.16. The van der Waals surface area contributed by atoms with Gasteiger partial charge in [-0.1, -0.05) is 170 Å². The van der Waals surface area contributed by atoms with Crippen molar-refractivity contribution in [2.24, 2.45) is 9.98 Å². The highest BCUT2D eigenvalue weighted by atomic mass is 15.2. The standard InChI is InChI=1S/C57H39N5/c1-4-17-38(18-5-1)54-59-55(39-19-6-2-7-20-39)61-56(60-54)44-24-15-23-42(36-44)40-21-14-22-41(35-40)43-32-33-46-47-27-16-34-58-53(47)57(50(46)37-43)48-28-10-12-30-51(48)62(45-25-8-3-9-26-45)52-31-13-11-29-49(52)57/h1-37,54H,(H,59,60,61). The summed E-state index contributed by atoms with van der Waals surface area (Å²) < 4.78 is 0. The van der Waals surface area contributed by atoms with E-state index < -0.39 is 5.41 Å². The van der Waals surface area contributed by atoms with Crippen LogP contribution in [0, 0.1) is 0 Å². The van der Waals surface area contributed by atoms with E-state index in [4.69, 9.17) is 15.0 Å². The van der Waals surface area contributed by atoms with E-state index in [1.54, 1.807) is 0 Å². The fraction of sp³-hybridized carbons (Fsp3) is 0.0351. The van der Waals surface area contributed by atoms with Crippen molar-refractivity contribution in [1.29, 1.82) is 0 Å². The number of aliphatic imine (C=N–C) groups is 2. The van der Waals surface area contributed by atoms with Gasteiger partial charge in [0.1, 0.15) is 11.7 Å². The molecule has 2 aliphatic heterocycles. The first-order chi connectivity index (χ1) is 30.7. The topological polar surface area (TPSA) is 52.9 Å². The van der Waals surface area contributed by atoms with Crippen molar-refractivity contribution in [3.63, 3.8) is 0 Å². The molecule has 9 aromatic rings. The number of anilines is 3. The second-order valence-electron chi connectivity index (χ2n) is 16.0. The van der Waals surface area contributed by atoms with E-state index in [1.807, 2.05) is 42.6 Å². The van der Waals surface area contributed by atoms with Crippen LogP contribution in [-0.4, -0.2) is 16.7 Å². The number of rotatable bonds is 6. The smallest absolute Gasteiger partial charge is 0.169 e. The van der Waals surface area contributed by atoms with Gasteiger partial charge < -0.3 is 10.2 Å². The van der Waals surface area contributed by atoms with E-state index in [-0.39, 0.29) is 6.17 Å². The first-order valence-electron chi connectivity index (χ1n) is 21.1. The lowest BCUT2D eigenvalue weighted by atomic mass is 9.66. The predicted molar refractivity (Wildman–Crippen MR) is 252 cm³/mol. The number of benzene rings is 8. The minimum absolute atomic E-state index is 0.358. The number of para-hydroxylation sites is 3. The maximum Gasteiger partial charge on any atom is 0.169 e. The minimum atomic E-state index is -0.625. The van der Waals surface area contributed by atoms with Crippen LogP contribution in [0.15, 0.2) is 235 Å². The summed E-state index contributed by atoms with van der Waals surface area (Å²) in [5, 5.41) is 3.58. The Morgan fingerprint density at radius 2 is 0.935 bits per heavy atom. The number of nitrogens with one attached hydrogen (secondary N) is 1. The number of amidine groups is 2. The van der Waals surface area contributed by atoms with Crippen molar-refractivity contribution in [1.82, 2.24) is 10.3 Å². The average molecular weight is 794 g/mol. The summed E-state index contributed by atoms with van der Waals surface area (Å²) in [6.07, 6.45) is 1.59. The molecular weight excluding hydrogens is 755 g/mol. The van der Waals surface area contributed by atoms with E-state index in [0.29, 0.717) is 0 Å². The zero-order valence-corrected chi connectivity index (χ0v) is 33.7. The van der Waals surface area contributed by atoms with Crippen LogP contribution in [0.25, 0.3) is 33.4 Å². The molecule has 292 valence electrons. The summed E-state index contributed by atoms with van der Waals surface area (Å²) >= 11 is 0. The van der Waals surface area contributed by atoms with Crippen LogP contribution < -0.4 is 10.2 Å². The molecule has 1 aliphatic carbocycles. The molecule has 0 bridgehead atoms. The highest BCUT2D eigenvalue weighted by Crippen LogP contribution is 2.63. The third kappa shape index (κ3) is 5.66. The van der Waals surface area contributed by atoms with E-state index in [9.17, 15) is 0 Å². The highest BCUT2D eigenvalue weighted by Gasteiger charge is 2.53. The van der Waals surface area contributed by atoms with Crippen molar-refractivity contribution in [2.45, 2.75) is 11.6 Å². The summed E-state index contributed by atoms with van der Waals surface area (Å²) in [4.78, 5) is 17.9. The van der Waals surface area contributed by atoms with E-state index in [2.05, 4.69) is 192 Å². The maximum absolute atomic E-state index is 5.25. The van der Waals surface area contributed by atoms with E-state index >= 15 is 0 Å². The molecule has 12 rings (SSSR count). The Balaban J connectivity index is 0.967. The summed E-state index contributed by atoms with van der Waals surface area (Å²) in [6, 6.07) is 77.9. The normalized spacial score (nSPS) is 15.4. The fourth-order valence-electron chi connectivity index (χ4n) is 9.80. The van der Waals surface area contributed by atoms with Gasteiger partial charge in [0, 0.05) is 28.6 Å². The summed E-state index contributed by atoms with van der Waals surface area (Å²) in [6.45, 7) is 0. The number of fused-ring (bicyclic) bond motifs is 9. The van der Waals surface area contributed by atoms with Crippen molar-refractivity contribution in [3.05, 3.63) is 264 Å². The Morgan fingerprint density at radius 1 is 0.403 bits per heavy atom. The van der Waals surface area contributed by atoms with Crippen LogP contribution in [-0.2, 0) is 5.41 Å². The van der Waals surface area contributed by atoms with E-state index in [0.717, 1.165) is 73.4 Å². The number of nitrogens with zero attached hydrogens (tertiary/aromatic N) is 4. The number of pyridine rings is 1. The van der Waals surface area contributed by atoms with Gasteiger partial charge >= 0.3 is 0 Å². The second-order valence-corrected chi connectivity index (χ2v) is 16.0. The van der Waals surface area contributed by atoms with Crippen LogP contribution in [0.4, 0.5) is 17.1 Å². The second kappa shape index (κ2) is 14.5. The van der Waals surface area contributed by atoms with Gasteiger partial charge in [-0.3, -0.25) is 4.98 Å². The van der Waals surface area contributed by atoms with Gasteiger partial charge in [0.05, 0.1) is 22.5 Å². The number of hydrogen-bond donors (Lipinski definition) is 1. The molecule has 1 atom stereocenters. The van der Waals surface area contributed by atoms with Gasteiger partial charge in [-0.2, -0.15) is 0 Å². The lowest BCUT2D eigenvalue weighted by molar-refractivity contribution is 0.725. The maximum atomic E-state index is 5.25. The predicted octanol–water partition coefficient (Wildman–Crippen LogP) is 13.1. The molecule has 0 radical (unpaired) electrons. The van der Waals surface area contributed by atoms with Crippen LogP contribution in [0.5, 0.6) is 0 Å². The van der Waals surface area contributed by atoms with Crippen LogP contribution in [0.2, 0.25) is 0 Å². The largest absolute Gasteiger partial charge is 0.324 e. The molecule has 3 heterocycles. The van der Waals surface area contributed by atoms with Crippen LogP contribution >= 0.6 is 0 Å². The van der Waals surface area contributed by atoms with E-state index in [1.165, 1.54) is 27.8 Å². The SMILES string of the molecule is c1ccc(C2=NC(c3ccccc3)N=C(c3cccc(-c4cccc(-c5ccc6c(c5)C5(c7ccccc7N(c7ccccc7)c7ccccc75)c5ncccc5-6)c4)c3)N2)cc1. The molecule has 1 spiro atoms. The first kappa shape index (κ1) is 35.8. The molecule has 5 nitrogen and oxygen atoms in total. The molecule has 62 heavy (non-hydrogen) atoms. The minimum Gasteiger partial charge on any atom is -0.324 e. The number of hydrogen-bond acceptors (Lipinski definition) is 5. The average Bonchev–Trinajstić information content (AvgIpc) is 3.65. The molecule has 1 N–H and O–H groups in total. The molecular formula is C57H39N5. The van der Waals surface area contributed by atoms with Crippen molar-refractivity contribution >= 4 is 28.7 Å². The van der Waals surface area contributed by atoms with Crippen LogP contribution in [0.3, 0.4) is 0 Å². The third-order valence-electron chi connectivity index (χ3n) is 12.5. The Hall–Kier alpha value is -8.15. The first-order valence-corrected chi connectivity index (χ1v) is 21.1. The molecule has 0 fully saturated rings. The molecule has 0 amide bonds.